The predicted octanol–water partition coefficient (Wildman–Crippen LogP) is 3.54. The van der Waals surface area contributed by atoms with Crippen molar-refractivity contribution in [1.29, 1.82) is 0 Å². The van der Waals surface area contributed by atoms with Crippen molar-refractivity contribution in [3.8, 4) is 0 Å². The molecule has 0 N–H and O–H groups in total. The van der Waals surface area contributed by atoms with Gasteiger partial charge in [0.1, 0.15) is 0 Å². The van der Waals surface area contributed by atoms with Crippen molar-refractivity contribution in [2.75, 3.05) is 32.8 Å². The van der Waals surface area contributed by atoms with E-state index in [9.17, 15) is 9.59 Å². The van der Waals surface area contributed by atoms with Crippen LogP contribution in [0.15, 0.2) is 30.3 Å². The Bertz CT molecular complexity index is 610. The largest absolute Gasteiger partial charge is 0.379 e. The Morgan fingerprint density at radius 1 is 1.07 bits per heavy atom. The number of morpholine rings is 1. The molecule has 1 heterocycles. The minimum Gasteiger partial charge on any atom is -0.379 e. The molecule has 0 spiro atoms. The highest BCUT2D eigenvalue weighted by Crippen LogP contribution is 2.26. The lowest BCUT2D eigenvalue weighted by Gasteiger charge is -2.42. The first-order chi connectivity index (χ1) is 13.2. The number of nitrogens with zero attached hydrogens (tertiary/aromatic N) is 3. The van der Waals surface area contributed by atoms with E-state index in [1.807, 2.05) is 23.2 Å². The minimum atomic E-state index is -0.181. The molecule has 1 aromatic rings. The van der Waals surface area contributed by atoms with Crippen LogP contribution in [0.2, 0.25) is 0 Å². The fourth-order valence-corrected chi connectivity index (χ4v) is 3.96. The van der Waals surface area contributed by atoms with Crippen molar-refractivity contribution in [3.63, 3.8) is 0 Å². The third kappa shape index (κ3) is 4.87. The van der Waals surface area contributed by atoms with Crippen molar-refractivity contribution < 1.29 is 14.3 Å². The highest BCUT2D eigenvalue weighted by molar-refractivity contribution is 6.04. The Kier molecular flexibility index (Phi) is 7.24. The molecule has 2 fully saturated rings. The number of hydrogen-bond acceptors (Lipinski definition) is 4. The van der Waals surface area contributed by atoms with E-state index in [0.717, 1.165) is 32.1 Å². The summed E-state index contributed by atoms with van der Waals surface area (Å²) in [5, 5.41) is 3.82. The molecule has 27 heavy (non-hydrogen) atoms. The first kappa shape index (κ1) is 19.8. The molecule has 0 atom stereocenters. The third-order valence-electron chi connectivity index (χ3n) is 5.37. The number of carbonyl (C=O) groups excluding carboxylic acids is 2. The van der Waals surface area contributed by atoms with Gasteiger partial charge >= 0.3 is 6.03 Å². The van der Waals surface area contributed by atoms with Crippen LogP contribution in [-0.4, -0.2) is 65.7 Å². The standard InChI is InChI=1S/C21H31N3O3/c1-2-13-23(22-14-16-27-17-15-22)21(26)24(19-11-7-4-8-12-19)20(25)18-9-5-3-6-10-18/h3,5-6,9-10,19H,2,4,7-8,11-17H2,1H3. The fourth-order valence-electron chi connectivity index (χ4n) is 3.96. The number of hydrazine groups is 1. The Morgan fingerprint density at radius 3 is 2.37 bits per heavy atom. The number of carbonyl (C=O) groups is 2. The van der Waals surface area contributed by atoms with Crippen LogP contribution in [0.25, 0.3) is 0 Å². The van der Waals surface area contributed by atoms with Crippen LogP contribution >= 0.6 is 0 Å². The molecule has 1 saturated carbocycles. The van der Waals surface area contributed by atoms with E-state index in [1.54, 1.807) is 22.0 Å². The number of hydrogen-bond donors (Lipinski definition) is 0. The van der Waals surface area contributed by atoms with Gasteiger partial charge in [-0.2, -0.15) is 0 Å². The number of ether oxygens (including phenoxy) is 1. The van der Waals surface area contributed by atoms with Crippen LogP contribution in [0, 0.1) is 0 Å². The summed E-state index contributed by atoms with van der Waals surface area (Å²) >= 11 is 0. The van der Waals surface area contributed by atoms with Gasteiger partial charge in [-0.15, -0.1) is 0 Å². The van der Waals surface area contributed by atoms with E-state index in [0.29, 0.717) is 38.4 Å². The van der Waals surface area contributed by atoms with E-state index >= 15 is 0 Å². The van der Waals surface area contributed by atoms with Gasteiger partial charge in [-0.25, -0.2) is 9.80 Å². The first-order valence-corrected chi connectivity index (χ1v) is 10.2. The van der Waals surface area contributed by atoms with E-state index in [2.05, 4.69) is 6.92 Å². The summed E-state index contributed by atoms with van der Waals surface area (Å²) in [5.74, 6) is -0.179. The van der Waals surface area contributed by atoms with Crippen LogP contribution < -0.4 is 0 Å². The molecule has 0 unspecified atom stereocenters. The summed E-state index contributed by atoms with van der Waals surface area (Å²) in [5.41, 5.74) is 0.579. The normalized spacial score (nSPS) is 18.9. The second-order valence-electron chi connectivity index (χ2n) is 7.30. The minimum absolute atomic E-state index is 0.0145. The smallest absolute Gasteiger partial charge is 0.341 e. The van der Waals surface area contributed by atoms with E-state index in [4.69, 9.17) is 4.74 Å². The van der Waals surface area contributed by atoms with Gasteiger partial charge < -0.3 is 4.74 Å². The zero-order chi connectivity index (χ0) is 19.1. The topological polar surface area (TPSA) is 53.1 Å². The summed E-state index contributed by atoms with van der Waals surface area (Å²) in [6.45, 7) is 5.27. The van der Waals surface area contributed by atoms with Crippen LogP contribution in [0.4, 0.5) is 4.79 Å². The van der Waals surface area contributed by atoms with Crippen LogP contribution in [-0.2, 0) is 4.74 Å². The van der Waals surface area contributed by atoms with Crippen molar-refractivity contribution in [2.24, 2.45) is 0 Å². The Balaban J connectivity index is 1.87. The van der Waals surface area contributed by atoms with Crippen molar-refractivity contribution in [2.45, 2.75) is 51.5 Å². The van der Waals surface area contributed by atoms with Crippen LogP contribution in [0.5, 0.6) is 0 Å². The van der Waals surface area contributed by atoms with Gasteiger partial charge in [0.25, 0.3) is 5.91 Å². The van der Waals surface area contributed by atoms with Gasteiger partial charge in [0.2, 0.25) is 0 Å². The molecule has 1 aliphatic heterocycles. The van der Waals surface area contributed by atoms with Gasteiger partial charge in [0.15, 0.2) is 0 Å². The number of urea groups is 1. The molecule has 1 saturated heterocycles. The second-order valence-corrected chi connectivity index (χ2v) is 7.30. The average Bonchev–Trinajstić information content (AvgIpc) is 2.74. The molecule has 148 valence electrons. The summed E-state index contributed by atoms with van der Waals surface area (Å²) in [7, 11) is 0. The molecule has 0 radical (unpaired) electrons. The fraction of sp³-hybridized carbons (Fsp3) is 0.619. The average molecular weight is 373 g/mol. The second kappa shape index (κ2) is 9.85. The molecule has 1 aromatic carbocycles. The molecule has 3 rings (SSSR count). The number of amides is 3. The summed E-state index contributed by atoms with van der Waals surface area (Å²) in [4.78, 5) is 28.4. The zero-order valence-corrected chi connectivity index (χ0v) is 16.3. The maximum Gasteiger partial charge on any atom is 0.341 e. The predicted molar refractivity (Wildman–Crippen MR) is 104 cm³/mol. The van der Waals surface area contributed by atoms with Gasteiger partial charge in [-0.3, -0.25) is 14.7 Å². The number of benzene rings is 1. The van der Waals surface area contributed by atoms with Gasteiger partial charge in [0, 0.05) is 31.2 Å². The van der Waals surface area contributed by atoms with Crippen molar-refractivity contribution in [3.05, 3.63) is 35.9 Å². The Morgan fingerprint density at radius 2 is 1.74 bits per heavy atom. The number of imide groups is 1. The molecule has 6 nitrogen and oxygen atoms in total. The van der Waals surface area contributed by atoms with E-state index < -0.39 is 0 Å². The maximum absolute atomic E-state index is 13.6. The van der Waals surface area contributed by atoms with E-state index in [-0.39, 0.29) is 18.0 Å². The summed E-state index contributed by atoms with van der Waals surface area (Å²) in [6, 6.07) is 8.99. The lowest BCUT2D eigenvalue weighted by atomic mass is 9.94. The maximum atomic E-state index is 13.6. The highest BCUT2D eigenvalue weighted by atomic mass is 16.5. The first-order valence-electron chi connectivity index (χ1n) is 10.2. The lowest BCUT2D eigenvalue weighted by molar-refractivity contribution is -0.0702. The van der Waals surface area contributed by atoms with Crippen molar-refractivity contribution >= 4 is 11.9 Å². The van der Waals surface area contributed by atoms with Crippen LogP contribution in [0.1, 0.15) is 55.8 Å². The Hall–Kier alpha value is -1.92. The van der Waals surface area contributed by atoms with Gasteiger partial charge in [-0.05, 0) is 31.4 Å². The van der Waals surface area contributed by atoms with Gasteiger partial charge in [0.05, 0.1) is 13.2 Å². The molecule has 0 bridgehead atoms. The lowest BCUT2D eigenvalue weighted by Crippen LogP contribution is -2.59. The Labute approximate surface area is 162 Å². The number of rotatable bonds is 5. The molecule has 3 amide bonds. The van der Waals surface area contributed by atoms with Crippen molar-refractivity contribution in [1.82, 2.24) is 14.9 Å². The quantitative estimate of drug-likeness (QED) is 0.792. The molecule has 2 aliphatic rings. The SMILES string of the molecule is CCCN(C(=O)N(C(=O)c1ccccc1)C1CCCCC1)N1CCOCC1. The molecule has 0 aromatic heterocycles. The highest BCUT2D eigenvalue weighted by Gasteiger charge is 2.36. The summed E-state index contributed by atoms with van der Waals surface area (Å²) in [6.07, 6.45) is 5.96. The van der Waals surface area contributed by atoms with Gasteiger partial charge in [-0.1, -0.05) is 44.4 Å². The monoisotopic (exact) mass is 373 g/mol. The third-order valence-corrected chi connectivity index (χ3v) is 5.37. The molecule has 6 heteroatoms. The molecular formula is C21H31N3O3. The molecular weight excluding hydrogens is 342 g/mol. The summed E-state index contributed by atoms with van der Waals surface area (Å²) < 4.78 is 5.44. The molecule has 1 aliphatic carbocycles. The zero-order valence-electron chi connectivity index (χ0n) is 16.3. The van der Waals surface area contributed by atoms with Crippen LogP contribution in [0.3, 0.4) is 0 Å². The van der Waals surface area contributed by atoms with E-state index in [1.165, 1.54) is 6.42 Å².